The van der Waals surface area contributed by atoms with Crippen molar-refractivity contribution in [3.8, 4) is 0 Å². The van der Waals surface area contributed by atoms with Gasteiger partial charge in [-0.25, -0.2) is 14.2 Å². The number of nitrogens with one attached hydrogen (secondary N) is 1. The fraction of sp³-hybridized carbons (Fsp3) is 0. The molecule has 0 spiro atoms. The Bertz CT molecular complexity index is 628. The number of H-pyrrole nitrogens is 1. The van der Waals surface area contributed by atoms with E-state index in [1.807, 2.05) is 0 Å². The Hall–Kier alpha value is -1.89. The number of nitrogens with zero attached hydrogens (tertiary/aromatic N) is 1. The zero-order chi connectivity index (χ0) is 12.6. The molecule has 2 radical (unpaired) electrons. The van der Waals surface area contributed by atoms with Crippen LogP contribution in [0.5, 0.6) is 0 Å². The smallest absolute Gasteiger partial charge is 0.379 e. The van der Waals surface area contributed by atoms with Gasteiger partial charge >= 0.3 is 14.0 Å². The molecule has 0 saturated carbocycles. The van der Waals surface area contributed by atoms with Crippen LogP contribution in [0, 0.1) is 5.82 Å². The predicted octanol–water partition coefficient (Wildman–Crippen LogP) is 1.16. The lowest BCUT2D eigenvalue weighted by Gasteiger charge is -1.99. The molecule has 0 atom stereocenters. The van der Waals surface area contributed by atoms with Crippen LogP contribution in [0.4, 0.5) is 4.39 Å². The molecule has 0 unspecified atom stereocenters. The molecule has 17 heavy (non-hydrogen) atoms. The Kier molecular flexibility index (Phi) is 2.85. The third kappa shape index (κ3) is 1.78. The van der Waals surface area contributed by atoms with Gasteiger partial charge < -0.3 is 9.64 Å². The fourth-order valence-corrected chi connectivity index (χ4v) is 1.62. The Labute approximate surface area is 100 Å². The molecule has 2 rings (SSSR count). The summed E-state index contributed by atoms with van der Waals surface area (Å²) >= 11 is 5.70. The number of ketones is 1. The molecule has 84 valence electrons. The molecule has 0 fully saturated rings. The molecule has 0 amide bonds. The van der Waals surface area contributed by atoms with E-state index >= 15 is 0 Å². The number of hydrogen-bond acceptors (Lipinski definition) is 4. The number of halogens is 2. The highest BCUT2D eigenvalue weighted by Gasteiger charge is 2.23. The molecular weight excluding hydrogens is 249 g/mol. The van der Waals surface area contributed by atoms with Gasteiger partial charge in [-0.15, -0.1) is 0 Å². The van der Waals surface area contributed by atoms with Crippen molar-refractivity contribution in [1.29, 1.82) is 0 Å². The zero-order valence-electron chi connectivity index (χ0n) is 8.16. The van der Waals surface area contributed by atoms with E-state index in [4.69, 9.17) is 11.6 Å². The van der Waals surface area contributed by atoms with Crippen LogP contribution in [0.3, 0.4) is 0 Å². The number of aromatic nitrogens is 2. The highest BCUT2D eigenvalue weighted by Crippen LogP contribution is 2.26. The van der Waals surface area contributed by atoms with Crippen LogP contribution in [0.25, 0.3) is 10.9 Å². The van der Waals surface area contributed by atoms with Crippen LogP contribution < -0.4 is 0 Å². The summed E-state index contributed by atoms with van der Waals surface area (Å²) in [4.78, 5) is 28.6. The van der Waals surface area contributed by atoms with Crippen molar-refractivity contribution < 1.29 is 18.6 Å². The molecule has 0 aliphatic heterocycles. The van der Waals surface area contributed by atoms with E-state index in [0.29, 0.717) is 0 Å². The lowest BCUT2D eigenvalue weighted by molar-refractivity contribution is -0.129. The molecule has 2 heterocycles. The minimum absolute atomic E-state index is 0.0124. The maximum Gasteiger partial charge on any atom is 0.379 e. The van der Waals surface area contributed by atoms with Crippen molar-refractivity contribution >= 4 is 42.3 Å². The molecular formula is C9H3BClFN2O3. The number of carbonyl (C=O) groups is 2. The number of Topliss-reactive ketones (excluding diaryl/α,β-unsaturated/α-hetero) is 1. The normalized spacial score (nSPS) is 10.5. The molecule has 2 aromatic rings. The van der Waals surface area contributed by atoms with Crippen LogP contribution >= 0.6 is 11.6 Å². The third-order valence-corrected chi connectivity index (χ3v) is 2.44. The summed E-state index contributed by atoms with van der Waals surface area (Å²) in [5.41, 5.74) is -0.0860. The number of fused-ring (bicyclic) bond motifs is 1. The summed E-state index contributed by atoms with van der Waals surface area (Å²) in [6.07, 6.45) is 1.99. The number of carbonyl (C=O) groups excluding carboxylic acids is 2. The van der Waals surface area contributed by atoms with Crippen molar-refractivity contribution in [2.45, 2.75) is 0 Å². The lowest BCUT2D eigenvalue weighted by atomic mass is 10.1. The largest absolute Gasteiger partial charge is 0.538 e. The first-order valence-electron chi connectivity index (χ1n) is 4.32. The fourth-order valence-electron chi connectivity index (χ4n) is 1.42. The minimum atomic E-state index is -1.29. The topological polar surface area (TPSA) is 72.1 Å². The van der Waals surface area contributed by atoms with E-state index in [1.165, 1.54) is 0 Å². The van der Waals surface area contributed by atoms with Crippen molar-refractivity contribution in [3.05, 3.63) is 28.9 Å². The van der Waals surface area contributed by atoms with E-state index in [1.54, 1.807) is 0 Å². The summed E-state index contributed by atoms with van der Waals surface area (Å²) in [5.74, 6) is -3.14. The van der Waals surface area contributed by atoms with Crippen LogP contribution in [0.2, 0.25) is 5.15 Å². The molecule has 0 bridgehead atoms. The van der Waals surface area contributed by atoms with Crippen LogP contribution in [-0.2, 0) is 9.45 Å². The van der Waals surface area contributed by atoms with Gasteiger partial charge in [0.2, 0.25) is 0 Å². The first kappa shape index (κ1) is 11.6. The summed E-state index contributed by atoms with van der Waals surface area (Å²) < 4.78 is 17.3. The Balaban J connectivity index is 2.68. The van der Waals surface area contributed by atoms with Gasteiger partial charge in [0.25, 0.3) is 5.78 Å². The summed E-state index contributed by atoms with van der Waals surface area (Å²) in [6, 6.07) is 0. The van der Waals surface area contributed by atoms with Gasteiger partial charge in [0.05, 0.1) is 22.7 Å². The van der Waals surface area contributed by atoms with E-state index in [2.05, 4.69) is 22.7 Å². The molecule has 0 aliphatic rings. The molecule has 0 aromatic carbocycles. The number of rotatable bonds is 2. The molecule has 5 nitrogen and oxygen atoms in total. The lowest BCUT2D eigenvalue weighted by Crippen LogP contribution is -2.16. The average molecular weight is 252 g/mol. The van der Waals surface area contributed by atoms with Crippen molar-refractivity contribution in [2.75, 3.05) is 0 Å². The first-order valence-corrected chi connectivity index (χ1v) is 4.70. The molecule has 2 aromatic heterocycles. The quantitative estimate of drug-likeness (QED) is 0.377. The van der Waals surface area contributed by atoms with Crippen LogP contribution in [0.15, 0.2) is 12.4 Å². The monoisotopic (exact) mass is 252 g/mol. The van der Waals surface area contributed by atoms with E-state index in [9.17, 15) is 14.0 Å². The molecule has 8 heteroatoms. The number of hydrogen-bond donors (Lipinski definition) is 1. The third-order valence-electron chi connectivity index (χ3n) is 2.15. The van der Waals surface area contributed by atoms with Gasteiger partial charge in [0.1, 0.15) is 0 Å². The van der Waals surface area contributed by atoms with E-state index < -0.39 is 17.6 Å². The second kappa shape index (κ2) is 4.17. The van der Waals surface area contributed by atoms with Gasteiger partial charge in [0, 0.05) is 6.20 Å². The molecule has 0 saturated heterocycles. The van der Waals surface area contributed by atoms with Gasteiger partial charge in [0.15, 0.2) is 11.0 Å². The SMILES string of the molecule is [B]OC(=O)C(=O)c1c[nH]c2c(Cl)ncc(F)c12. The summed E-state index contributed by atoms with van der Waals surface area (Å²) in [6.45, 7) is 0. The summed E-state index contributed by atoms with van der Waals surface area (Å²) in [7, 11) is 4.58. The zero-order valence-corrected chi connectivity index (χ0v) is 8.92. The van der Waals surface area contributed by atoms with Gasteiger partial charge in [-0.3, -0.25) is 4.79 Å². The standard InChI is InChI=1S/C9H3BClFN2O3/c10-17-9(16)7(15)3-1-13-6-5(3)4(12)2-14-8(6)11/h1-2,13H. The maximum absolute atomic E-state index is 13.5. The average Bonchev–Trinajstić information content (AvgIpc) is 2.77. The maximum atomic E-state index is 13.5. The van der Waals surface area contributed by atoms with E-state index in [0.717, 1.165) is 12.4 Å². The first-order chi connectivity index (χ1) is 8.06. The van der Waals surface area contributed by atoms with Gasteiger partial charge in [-0.05, 0) is 0 Å². The van der Waals surface area contributed by atoms with Gasteiger partial charge in [-0.2, -0.15) is 0 Å². The van der Waals surface area contributed by atoms with Crippen molar-refractivity contribution in [1.82, 2.24) is 9.97 Å². The predicted molar refractivity (Wildman–Crippen MR) is 57.2 cm³/mol. The Morgan fingerprint density at radius 3 is 2.88 bits per heavy atom. The van der Waals surface area contributed by atoms with Gasteiger partial charge in [-0.1, -0.05) is 11.6 Å². The van der Waals surface area contributed by atoms with E-state index in [-0.39, 0.29) is 21.6 Å². The van der Waals surface area contributed by atoms with Crippen molar-refractivity contribution in [3.63, 3.8) is 0 Å². The minimum Gasteiger partial charge on any atom is -0.538 e. The highest BCUT2D eigenvalue weighted by molar-refractivity contribution is 6.45. The Morgan fingerprint density at radius 2 is 2.24 bits per heavy atom. The van der Waals surface area contributed by atoms with Crippen molar-refractivity contribution in [2.24, 2.45) is 0 Å². The summed E-state index contributed by atoms with van der Waals surface area (Å²) in [5, 5.41) is -0.137. The highest BCUT2D eigenvalue weighted by atomic mass is 35.5. The number of aromatic amines is 1. The second-order valence-electron chi connectivity index (χ2n) is 3.08. The molecule has 0 aliphatic carbocycles. The Morgan fingerprint density at radius 1 is 1.53 bits per heavy atom. The number of pyridine rings is 1. The van der Waals surface area contributed by atoms with Crippen LogP contribution in [0.1, 0.15) is 10.4 Å². The second-order valence-corrected chi connectivity index (χ2v) is 3.44. The molecule has 1 N–H and O–H groups in total. The van der Waals surface area contributed by atoms with Crippen LogP contribution in [-0.4, -0.2) is 29.8 Å².